The number of hydrogen-bond acceptors (Lipinski definition) is 4. The molecule has 4 nitrogen and oxygen atoms in total. The van der Waals surface area contributed by atoms with Crippen LogP contribution in [0.4, 0.5) is 0 Å². The van der Waals surface area contributed by atoms with Crippen molar-refractivity contribution in [1.82, 2.24) is 15.0 Å². The molecule has 0 radical (unpaired) electrons. The standard InChI is InChI=1S/C54H44N3OP/c1-59(2,58)49-31-30-44(47-18-10-11-19-48(47)49)36-21-26-41(27-22-36)54(34-35-20-25-43(54)32-35)42-28-23-38(24-29-42)52-55-51(37-12-4-3-5-13-37)56-53(57-52)50-45-16-8-6-14-39(45)33-40-15-7-9-17-46(40)50/h3-19,21-24,26-31,33,35,43H,20,25,32,34H2,1-2H3. The van der Waals surface area contributed by atoms with Crippen LogP contribution in [0.5, 0.6) is 0 Å². The summed E-state index contributed by atoms with van der Waals surface area (Å²) >= 11 is 0. The quantitative estimate of drug-likeness (QED) is 0.119. The summed E-state index contributed by atoms with van der Waals surface area (Å²) in [5.74, 6) is 3.35. The van der Waals surface area contributed by atoms with Gasteiger partial charge in [-0.2, -0.15) is 0 Å². The molecule has 2 saturated carbocycles. The first kappa shape index (κ1) is 35.9. The molecular formula is C54H44N3OP. The van der Waals surface area contributed by atoms with Crippen molar-refractivity contribution in [3.05, 3.63) is 181 Å². The minimum atomic E-state index is -2.43. The van der Waals surface area contributed by atoms with Gasteiger partial charge in [-0.25, -0.2) is 15.0 Å². The van der Waals surface area contributed by atoms with E-state index in [1.165, 1.54) is 47.9 Å². The molecule has 0 N–H and O–H groups in total. The molecule has 5 heteroatoms. The van der Waals surface area contributed by atoms with Crippen LogP contribution in [0, 0.1) is 11.8 Å². The SMILES string of the molecule is CP(C)(=O)c1ccc(-c2ccc(C3(c4ccc(-c5nc(-c6ccccc6)nc(-c6c7ccccc7cc7ccccc67)n5)cc4)CC4CCC3C4)cc2)c2ccccc12. The lowest BCUT2D eigenvalue weighted by Crippen LogP contribution is -2.34. The molecule has 59 heavy (non-hydrogen) atoms. The van der Waals surface area contributed by atoms with Crippen molar-refractivity contribution in [1.29, 1.82) is 0 Å². The second-order valence-electron chi connectivity index (χ2n) is 17.1. The molecule has 2 aliphatic rings. The lowest BCUT2D eigenvalue weighted by atomic mass is 9.64. The Morgan fingerprint density at radius 3 is 1.61 bits per heavy atom. The van der Waals surface area contributed by atoms with Crippen molar-refractivity contribution < 1.29 is 4.57 Å². The van der Waals surface area contributed by atoms with Crippen molar-refractivity contribution in [2.24, 2.45) is 11.8 Å². The first-order chi connectivity index (χ1) is 28.8. The molecule has 0 aliphatic heterocycles. The van der Waals surface area contributed by atoms with Gasteiger partial charge in [0.15, 0.2) is 17.5 Å². The number of nitrogens with zero attached hydrogens (tertiary/aromatic N) is 3. The van der Waals surface area contributed by atoms with E-state index >= 15 is 0 Å². The Kier molecular flexibility index (Phi) is 8.50. The number of hydrogen-bond donors (Lipinski definition) is 0. The molecule has 3 unspecified atom stereocenters. The summed E-state index contributed by atoms with van der Waals surface area (Å²) in [6, 6.07) is 60.8. The molecule has 0 saturated heterocycles. The highest BCUT2D eigenvalue weighted by molar-refractivity contribution is 7.70. The van der Waals surface area contributed by atoms with Crippen molar-refractivity contribution in [3.63, 3.8) is 0 Å². The average Bonchev–Trinajstić information content (AvgIpc) is 3.91. The maximum absolute atomic E-state index is 13.2. The van der Waals surface area contributed by atoms with Gasteiger partial charge in [0.25, 0.3) is 0 Å². The van der Waals surface area contributed by atoms with Crippen molar-refractivity contribution in [2.45, 2.75) is 31.1 Å². The summed E-state index contributed by atoms with van der Waals surface area (Å²) in [5, 5.41) is 7.75. The Morgan fingerprint density at radius 2 is 1.03 bits per heavy atom. The molecule has 1 heterocycles. The third-order valence-electron chi connectivity index (χ3n) is 13.4. The van der Waals surface area contributed by atoms with Gasteiger partial charge in [0.1, 0.15) is 7.14 Å². The van der Waals surface area contributed by atoms with Gasteiger partial charge in [-0.1, -0.05) is 170 Å². The molecule has 8 aromatic carbocycles. The summed E-state index contributed by atoms with van der Waals surface area (Å²) in [5.41, 5.74) is 8.05. The minimum Gasteiger partial charge on any atom is -0.319 e. The van der Waals surface area contributed by atoms with Crippen LogP contribution in [0.2, 0.25) is 0 Å². The Hall–Kier alpha value is -6.22. The van der Waals surface area contributed by atoms with Gasteiger partial charge in [0.05, 0.1) is 0 Å². The first-order valence-corrected chi connectivity index (χ1v) is 23.5. The van der Waals surface area contributed by atoms with Gasteiger partial charge >= 0.3 is 0 Å². The Balaban J connectivity index is 1.01. The summed E-state index contributed by atoms with van der Waals surface area (Å²) in [7, 11) is -2.43. The van der Waals surface area contributed by atoms with Crippen LogP contribution in [-0.2, 0) is 9.98 Å². The zero-order chi connectivity index (χ0) is 39.7. The van der Waals surface area contributed by atoms with Crippen LogP contribution >= 0.6 is 7.14 Å². The highest BCUT2D eigenvalue weighted by Crippen LogP contribution is 2.60. The second kappa shape index (κ2) is 14.0. The molecule has 1 aromatic heterocycles. The second-order valence-corrected chi connectivity index (χ2v) is 20.3. The smallest absolute Gasteiger partial charge is 0.165 e. The predicted molar refractivity (Wildman–Crippen MR) is 246 cm³/mol. The third-order valence-corrected chi connectivity index (χ3v) is 14.9. The maximum Gasteiger partial charge on any atom is 0.165 e. The fourth-order valence-corrected chi connectivity index (χ4v) is 11.9. The molecule has 3 atom stereocenters. The fourth-order valence-electron chi connectivity index (χ4n) is 10.7. The largest absolute Gasteiger partial charge is 0.319 e. The number of benzene rings is 8. The lowest BCUT2D eigenvalue weighted by Gasteiger charge is -2.39. The molecule has 2 bridgehead atoms. The van der Waals surface area contributed by atoms with E-state index in [1.54, 1.807) is 0 Å². The van der Waals surface area contributed by atoms with Crippen LogP contribution in [0.25, 0.3) is 77.6 Å². The summed E-state index contributed by atoms with van der Waals surface area (Å²) in [4.78, 5) is 15.6. The first-order valence-electron chi connectivity index (χ1n) is 20.8. The van der Waals surface area contributed by atoms with Gasteiger partial charge in [-0.05, 0) is 105 Å². The van der Waals surface area contributed by atoms with E-state index in [9.17, 15) is 4.57 Å². The predicted octanol–water partition coefficient (Wildman–Crippen LogP) is 13.4. The van der Waals surface area contributed by atoms with E-state index in [0.29, 0.717) is 23.4 Å². The van der Waals surface area contributed by atoms with E-state index in [2.05, 4.69) is 146 Å². The molecule has 286 valence electrons. The number of fused-ring (bicyclic) bond motifs is 5. The van der Waals surface area contributed by atoms with Crippen molar-refractivity contribution in [3.8, 4) is 45.3 Å². The van der Waals surface area contributed by atoms with E-state index in [4.69, 9.17) is 15.0 Å². The maximum atomic E-state index is 13.2. The lowest BCUT2D eigenvalue weighted by molar-refractivity contribution is 0.320. The average molecular weight is 782 g/mol. The molecule has 9 aromatic rings. The van der Waals surface area contributed by atoms with E-state index in [-0.39, 0.29) is 5.41 Å². The summed E-state index contributed by atoms with van der Waals surface area (Å²) in [6.45, 7) is 3.73. The Morgan fingerprint density at radius 1 is 0.508 bits per heavy atom. The van der Waals surface area contributed by atoms with Gasteiger partial charge in [0, 0.05) is 27.4 Å². The van der Waals surface area contributed by atoms with Crippen LogP contribution in [0.15, 0.2) is 170 Å². The number of rotatable bonds is 7. The van der Waals surface area contributed by atoms with Gasteiger partial charge in [-0.15, -0.1) is 0 Å². The molecule has 0 spiro atoms. The summed E-state index contributed by atoms with van der Waals surface area (Å²) < 4.78 is 13.2. The van der Waals surface area contributed by atoms with Crippen molar-refractivity contribution >= 4 is 44.8 Å². The third kappa shape index (κ3) is 6.04. The fraction of sp³-hybridized carbons (Fsp3) is 0.167. The molecule has 2 aliphatic carbocycles. The van der Waals surface area contributed by atoms with Crippen LogP contribution in [0.3, 0.4) is 0 Å². The van der Waals surface area contributed by atoms with E-state index < -0.39 is 7.14 Å². The normalized spacial score (nSPS) is 18.9. The van der Waals surface area contributed by atoms with Crippen LogP contribution in [0.1, 0.15) is 36.8 Å². The Labute approximate surface area is 345 Å². The molecule has 0 amide bonds. The van der Waals surface area contributed by atoms with Gasteiger partial charge in [0.2, 0.25) is 0 Å². The molecule has 2 fully saturated rings. The molecular weight excluding hydrogens is 738 g/mol. The Bertz CT molecular complexity index is 3060. The van der Waals surface area contributed by atoms with Crippen LogP contribution in [-0.4, -0.2) is 28.3 Å². The van der Waals surface area contributed by atoms with Gasteiger partial charge < -0.3 is 4.57 Å². The van der Waals surface area contributed by atoms with E-state index in [1.807, 2.05) is 37.6 Å². The van der Waals surface area contributed by atoms with E-state index in [0.717, 1.165) is 60.2 Å². The summed E-state index contributed by atoms with van der Waals surface area (Å²) in [6.07, 6.45) is 5.02. The van der Waals surface area contributed by atoms with Crippen LogP contribution < -0.4 is 5.30 Å². The topological polar surface area (TPSA) is 55.7 Å². The van der Waals surface area contributed by atoms with Crippen molar-refractivity contribution in [2.75, 3.05) is 13.3 Å². The molecule has 11 rings (SSSR count). The monoisotopic (exact) mass is 781 g/mol. The highest BCUT2D eigenvalue weighted by Gasteiger charge is 2.52. The minimum absolute atomic E-state index is 0.0513. The zero-order valence-electron chi connectivity index (χ0n) is 33.3. The van der Waals surface area contributed by atoms with Gasteiger partial charge in [-0.3, -0.25) is 0 Å². The zero-order valence-corrected chi connectivity index (χ0v) is 34.2. The highest BCUT2D eigenvalue weighted by atomic mass is 31.2. The number of aromatic nitrogens is 3.